The van der Waals surface area contributed by atoms with E-state index in [1.165, 1.54) is 37.2 Å². The fraction of sp³-hybridized carbons (Fsp3) is 0.688. The molecule has 4 nitrogen and oxygen atoms in total. The summed E-state index contributed by atoms with van der Waals surface area (Å²) < 4.78 is 1.87. The zero-order valence-corrected chi connectivity index (χ0v) is 13.1. The number of aromatic nitrogens is 2. The summed E-state index contributed by atoms with van der Waals surface area (Å²) in [5, 5.41) is 8.08. The van der Waals surface area contributed by atoms with Crippen molar-refractivity contribution >= 4 is 0 Å². The van der Waals surface area contributed by atoms with Crippen LogP contribution in [0.1, 0.15) is 32.4 Å². The van der Waals surface area contributed by atoms with Crippen molar-refractivity contribution < 1.29 is 0 Å². The van der Waals surface area contributed by atoms with E-state index in [2.05, 4.69) is 41.3 Å². The third kappa shape index (κ3) is 5.10. The van der Waals surface area contributed by atoms with Crippen LogP contribution in [0.2, 0.25) is 0 Å². The van der Waals surface area contributed by atoms with Gasteiger partial charge >= 0.3 is 0 Å². The van der Waals surface area contributed by atoms with E-state index in [0.717, 1.165) is 19.5 Å². The van der Waals surface area contributed by atoms with Gasteiger partial charge in [0, 0.05) is 38.8 Å². The van der Waals surface area contributed by atoms with E-state index >= 15 is 0 Å². The highest BCUT2D eigenvalue weighted by Gasteiger charge is 2.17. The molecule has 112 valence electrons. The van der Waals surface area contributed by atoms with E-state index in [0.29, 0.717) is 6.04 Å². The van der Waals surface area contributed by atoms with Gasteiger partial charge in [-0.15, -0.1) is 0 Å². The van der Waals surface area contributed by atoms with Crippen molar-refractivity contribution in [2.45, 2.75) is 39.2 Å². The van der Waals surface area contributed by atoms with Gasteiger partial charge in [-0.2, -0.15) is 5.10 Å². The molecule has 1 N–H and O–H groups in total. The monoisotopic (exact) mass is 276 g/mol. The van der Waals surface area contributed by atoms with Gasteiger partial charge in [-0.1, -0.05) is 11.6 Å². The SMILES string of the molecule is CC(C)=CCN1CCC(NCCc2ccn(C)n2)CC1. The number of rotatable bonds is 6. The molecule has 4 heteroatoms. The van der Waals surface area contributed by atoms with E-state index in [4.69, 9.17) is 0 Å². The third-order valence-corrected chi connectivity index (χ3v) is 3.93. The van der Waals surface area contributed by atoms with Crippen molar-refractivity contribution in [3.8, 4) is 0 Å². The Balaban J connectivity index is 1.61. The largest absolute Gasteiger partial charge is 0.313 e. The Hall–Kier alpha value is -1.13. The molecule has 2 rings (SSSR count). The van der Waals surface area contributed by atoms with Crippen molar-refractivity contribution in [1.29, 1.82) is 0 Å². The summed E-state index contributed by atoms with van der Waals surface area (Å²) in [5.41, 5.74) is 2.60. The van der Waals surface area contributed by atoms with Crippen LogP contribution in [-0.2, 0) is 13.5 Å². The van der Waals surface area contributed by atoms with E-state index in [-0.39, 0.29) is 0 Å². The summed E-state index contributed by atoms with van der Waals surface area (Å²) in [4.78, 5) is 2.55. The molecular weight excluding hydrogens is 248 g/mol. The molecule has 0 bridgehead atoms. The summed E-state index contributed by atoms with van der Waals surface area (Å²) in [6.45, 7) is 8.92. The highest BCUT2D eigenvalue weighted by molar-refractivity contribution is 4.99. The van der Waals surface area contributed by atoms with Gasteiger partial charge in [-0.05, 0) is 45.8 Å². The van der Waals surface area contributed by atoms with Crippen molar-refractivity contribution in [3.63, 3.8) is 0 Å². The van der Waals surface area contributed by atoms with Gasteiger partial charge < -0.3 is 5.32 Å². The zero-order valence-electron chi connectivity index (χ0n) is 13.1. The van der Waals surface area contributed by atoms with Crippen molar-refractivity contribution in [1.82, 2.24) is 20.0 Å². The smallest absolute Gasteiger partial charge is 0.0637 e. The maximum absolute atomic E-state index is 4.41. The molecular formula is C16H28N4. The van der Waals surface area contributed by atoms with E-state index in [1.807, 2.05) is 17.9 Å². The number of nitrogens with one attached hydrogen (secondary N) is 1. The second-order valence-corrected chi connectivity index (χ2v) is 6.04. The minimum atomic E-state index is 0.682. The summed E-state index contributed by atoms with van der Waals surface area (Å²) in [6.07, 6.45) is 7.89. The average molecular weight is 276 g/mol. The van der Waals surface area contributed by atoms with Crippen molar-refractivity contribution in [2.75, 3.05) is 26.2 Å². The van der Waals surface area contributed by atoms with Crippen LogP contribution < -0.4 is 5.32 Å². The molecule has 1 aromatic rings. The van der Waals surface area contributed by atoms with Crippen molar-refractivity contribution in [3.05, 3.63) is 29.6 Å². The lowest BCUT2D eigenvalue weighted by atomic mass is 10.0. The highest BCUT2D eigenvalue weighted by atomic mass is 15.2. The van der Waals surface area contributed by atoms with Gasteiger partial charge in [0.05, 0.1) is 5.69 Å². The molecule has 0 aromatic carbocycles. The first-order chi connectivity index (χ1) is 9.63. The summed E-state index contributed by atoms with van der Waals surface area (Å²) in [5.74, 6) is 0. The first-order valence-electron chi connectivity index (χ1n) is 7.71. The van der Waals surface area contributed by atoms with Gasteiger partial charge in [-0.25, -0.2) is 0 Å². The van der Waals surface area contributed by atoms with Crippen LogP contribution in [0.25, 0.3) is 0 Å². The quantitative estimate of drug-likeness (QED) is 0.807. The van der Waals surface area contributed by atoms with Crippen molar-refractivity contribution in [2.24, 2.45) is 7.05 Å². The Kier molecular flexibility index (Phi) is 5.80. The summed E-state index contributed by atoms with van der Waals surface area (Å²) >= 11 is 0. The third-order valence-electron chi connectivity index (χ3n) is 3.93. The van der Waals surface area contributed by atoms with Crippen LogP contribution >= 0.6 is 0 Å². The minimum absolute atomic E-state index is 0.682. The highest BCUT2D eigenvalue weighted by Crippen LogP contribution is 2.10. The topological polar surface area (TPSA) is 33.1 Å². The molecule has 1 aliphatic rings. The number of allylic oxidation sites excluding steroid dienone is 1. The average Bonchev–Trinajstić information content (AvgIpc) is 2.83. The Labute approximate surface area is 122 Å². The van der Waals surface area contributed by atoms with Crippen LogP contribution in [0.3, 0.4) is 0 Å². The zero-order chi connectivity index (χ0) is 14.4. The van der Waals surface area contributed by atoms with Crippen LogP contribution in [0.4, 0.5) is 0 Å². The molecule has 0 saturated carbocycles. The van der Waals surface area contributed by atoms with E-state index in [9.17, 15) is 0 Å². The molecule has 1 fully saturated rings. The summed E-state index contributed by atoms with van der Waals surface area (Å²) in [7, 11) is 1.97. The lowest BCUT2D eigenvalue weighted by Crippen LogP contribution is -2.43. The number of hydrogen-bond donors (Lipinski definition) is 1. The first kappa shape index (κ1) is 15.3. The number of likely N-dealkylation sites (tertiary alicyclic amines) is 1. The van der Waals surface area contributed by atoms with Gasteiger partial charge in [0.25, 0.3) is 0 Å². The van der Waals surface area contributed by atoms with Gasteiger partial charge in [0.2, 0.25) is 0 Å². The number of piperidine rings is 1. The fourth-order valence-corrected chi connectivity index (χ4v) is 2.63. The van der Waals surface area contributed by atoms with Crippen LogP contribution in [0, 0.1) is 0 Å². The molecule has 0 spiro atoms. The molecule has 0 radical (unpaired) electrons. The maximum Gasteiger partial charge on any atom is 0.0637 e. The van der Waals surface area contributed by atoms with Gasteiger partial charge in [-0.3, -0.25) is 9.58 Å². The maximum atomic E-state index is 4.41. The van der Waals surface area contributed by atoms with E-state index < -0.39 is 0 Å². The summed E-state index contributed by atoms with van der Waals surface area (Å²) in [6, 6.07) is 2.78. The van der Waals surface area contributed by atoms with Gasteiger partial charge in [0.15, 0.2) is 0 Å². The minimum Gasteiger partial charge on any atom is -0.313 e. The lowest BCUT2D eigenvalue weighted by molar-refractivity contribution is 0.215. The lowest BCUT2D eigenvalue weighted by Gasteiger charge is -2.31. The number of nitrogens with zero attached hydrogens (tertiary/aromatic N) is 3. The van der Waals surface area contributed by atoms with E-state index in [1.54, 1.807) is 0 Å². The molecule has 0 atom stereocenters. The predicted octanol–water partition coefficient (Wildman–Crippen LogP) is 1.98. The second kappa shape index (κ2) is 7.60. The Morgan fingerprint density at radius 2 is 2.15 bits per heavy atom. The molecule has 1 saturated heterocycles. The normalized spacial score (nSPS) is 17.4. The standard InChI is InChI=1S/C16H28N4/c1-14(2)5-11-20-12-7-15(8-13-20)17-9-4-16-6-10-19(3)18-16/h5-6,10,15,17H,4,7-9,11-13H2,1-3H3. The molecule has 0 aliphatic carbocycles. The Morgan fingerprint density at radius 3 is 2.75 bits per heavy atom. The Bertz CT molecular complexity index is 423. The Morgan fingerprint density at radius 1 is 1.40 bits per heavy atom. The number of aryl methyl sites for hydroxylation is 1. The molecule has 1 aromatic heterocycles. The van der Waals surface area contributed by atoms with Crippen LogP contribution in [-0.4, -0.2) is 46.9 Å². The van der Waals surface area contributed by atoms with Crippen LogP contribution in [0.15, 0.2) is 23.9 Å². The molecule has 20 heavy (non-hydrogen) atoms. The first-order valence-corrected chi connectivity index (χ1v) is 7.71. The van der Waals surface area contributed by atoms with Gasteiger partial charge in [0.1, 0.15) is 0 Å². The fourth-order valence-electron chi connectivity index (χ4n) is 2.63. The molecule has 1 aliphatic heterocycles. The number of hydrogen-bond acceptors (Lipinski definition) is 3. The molecule has 2 heterocycles. The molecule has 0 unspecified atom stereocenters. The predicted molar refractivity (Wildman–Crippen MR) is 83.8 cm³/mol. The van der Waals surface area contributed by atoms with Crippen LogP contribution in [0.5, 0.6) is 0 Å². The second-order valence-electron chi connectivity index (χ2n) is 6.04. The molecule has 0 amide bonds.